The first-order chi connectivity index (χ1) is 10.5. The van der Waals surface area contributed by atoms with E-state index in [1.807, 2.05) is 26.0 Å². The molecule has 7 heteroatoms. The first-order valence-corrected chi connectivity index (χ1v) is 7.85. The van der Waals surface area contributed by atoms with E-state index < -0.39 is 0 Å². The number of amides is 1. The number of benzene rings is 1. The van der Waals surface area contributed by atoms with Gasteiger partial charge in [0.1, 0.15) is 11.5 Å². The second-order valence-electron chi connectivity index (χ2n) is 4.77. The molecule has 0 aliphatic carbocycles. The summed E-state index contributed by atoms with van der Waals surface area (Å²) < 4.78 is 1.65. The van der Waals surface area contributed by atoms with Crippen molar-refractivity contribution in [3.05, 3.63) is 57.1 Å². The van der Waals surface area contributed by atoms with Crippen molar-refractivity contribution >= 4 is 34.7 Å². The van der Waals surface area contributed by atoms with E-state index in [0.29, 0.717) is 16.5 Å². The first-order valence-electron chi connectivity index (χ1n) is 6.59. The fourth-order valence-corrected chi connectivity index (χ4v) is 2.82. The lowest BCUT2D eigenvalue weighted by Crippen LogP contribution is -2.15. The number of nitrogens with zero attached hydrogens (tertiary/aromatic N) is 3. The van der Waals surface area contributed by atoms with Gasteiger partial charge in [0, 0.05) is 16.5 Å². The SMILES string of the molecule is Cc1cc(NC(=O)c2csc(C)n2)n(-c2cccc(Cl)c2)n1. The van der Waals surface area contributed by atoms with E-state index in [1.54, 1.807) is 28.3 Å². The molecule has 2 aromatic heterocycles. The van der Waals surface area contributed by atoms with Crippen LogP contribution in [-0.2, 0) is 0 Å². The molecule has 1 amide bonds. The van der Waals surface area contributed by atoms with Crippen LogP contribution >= 0.6 is 22.9 Å². The van der Waals surface area contributed by atoms with Crippen LogP contribution in [0.4, 0.5) is 5.82 Å². The van der Waals surface area contributed by atoms with Crippen molar-refractivity contribution in [2.75, 3.05) is 5.32 Å². The van der Waals surface area contributed by atoms with Crippen LogP contribution in [-0.4, -0.2) is 20.7 Å². The van der Waals surface area contributed by atoms with E-state index in [-0.39, 0.29) is 5.91 Å². The van der Waals surface area contributed by atoms with Gasteiger partial charge in [-0.3, -0.25) is 4.79 Å². The molecule has 3 aromatic rings. The van der Waals surface area contributed by atoms with E-state index in [0.717, 1.165) is 16.4 Å². The number of aromatic nitrogens is 3. The van der Waals surface area contributed by atoms with Gasteiger partial charge in [-0.2, -0.15) is 5.10 Å². The Bertz CT molecular complexity index is 840. The third kappa shape index (κ3) is 3.03. The van der Waals surface area contributed by atoms with Crippen LogP contribution in [0.2, 0.25) is 5.02 Å². The predicted octanol–water partition coefficient (Wildman–Crippen LogP) is 3.85. The highest BCUT2D eigenvalue weighted by atomic mass is 35.5. The lowest BCUT2D eigenvalue weighted by molar-refractivity contribution is 0.102. The number of rotatable bonds is 3. The summed E-state index contributed by atoms with van der Waals surface area (Å²) in [5, 5.41) is 10.4. The normalized spacial score (nSPS) is 10.7. The number of aryl methyl sites for hydroxylation is 2. The molecule has 2 heterocycles. The zero-order valence-corrected chi connectivity index (χ0v) is 13.6. The molecule has 22 heavy (non-hydrogen) atoms. The van der Waals surface area contributed by atoms with Crippen molar-refractivity contribution in [3.63, 3.8) is 0 Å². The number of halogens is 1. The Labute approximate surface area is 136 Å². The summed E-state index contributed by atoms with van der Waals surface area (Å²) in [4.78, 5) is 16.4. The van der Waals surface area contributed by atoms with Crippen LogP contribution in [0.5, 0.6) is 0 Å². The fraction of sp³-hybridized carbons (Fsp3) is 0.133. The standard InChI is InChI=1S/C15H13ClN4OS/c1-9-6-14(18-15(21)13-8-22-10(2)17-13)20(19-9)12-5-3-4-11(16)7-12/h3-8H,1-2H3,(H,18,21). The fourth-order valence-electron chi connectivity index (χ4n) is 2.04. The number of hydrogen-bond acceptors (Lipinski definition) is 4. The van der Waals surface area contributed by atoms with Crippen molar-refractivity contribution in [3.8, 4) is 5.69 Å². The smallest absolute Gasteiger partial charge is 0.276 e. The summed E-state index contributed by atoms with van der Waals surface area (Å²) in [5.41, 5.74) is 1.98. The molecule has 112 valence electrons. The molecule has 1 N–H and O–H groups in total. The zero-order valence-electron chi connectivity index (χ0n) is 12.0. The van der Waals surface area contributed by atoms with Crippen molar-refractivity contribution in [1.29, 1.82) is 0 Å². The van der Waals surface area contributed by atoms with Gasteiger partial charge in [-0.25, -0.2) is 9.67 Å². The van der Waals surface area contributed by atoms with Gasteiger partial charge in [-0.05, 0) is 32.0 Å². The predicted molar refractivity (Wildman–Crippen MR) is 88.1 cm³/mol. The molecule has 0 aliphatic heterocycles. The second kappa shape index (κ2) is 5.90. The molecule has 5 nitrogen and oxygen atoms in total. The average molecular weight is 333 g/mol. The van der Waals surface area contributed by atoms with Crippen molar-refractivity contribution in [2.24, 2.45) is 0 Å². The van der Waals surface area contributed by atoms with E-state index in [9.17, 15) is 4.79 Å². The van der Waals surface area contributed by atoms with Crippen LogP contribution in [0, 0.1) is 13.8 Å². The molecule has 0 atom stereocenters. The highest BCUT2D eigenvalue weighted by Crippen LogP contribution is 2.21. The number of hydrogen-bond donors (Lipinski definition) is 1. The maximum Gasteiger partial charge on any atom is 0.276 e. The molecule has 0 saturated heterocycles. The molecule has 3 rings (SSSR count). The quantitative estimate of drug-likeness (QED) is 0.792. The first kappa shape index (κ1) is 14.7. The molecule has 0 aliphatic rings. The average Bonchev–Trinajstić information content (AvgIpc) is 3.05. The minimum Gasteiger partial charge on any atom is -0.305 e. The lowest BCUT2D eigenvalue weighted by atomic mass is 10.3. The van der Waals surface area contributed by atoms with Crippen molar-refractivity contribution in [2.45, 2.75) is 13.8 Å². The van der Waals surface area contributed by atoms with Gasteiger partial charge in [-0.1, -0.05) is 17.7 Å². The maximum atomic E-state index is 12.3. The zero-order chi connectivity index (χ0) is 15.7. The summed E-state index contributed by atoms with van der Waals surface area (Å²) in [6, 6.07) is 9.09. The van der Waals surface area contributed by atoms with E-state index >= 15 is 0 Å². The minimum absolute atomic E-state index is 0.257. The summed E-state index contributed by atoms with van der Waals surface area (Å²) in [7, 11) is 0. The highest BCUT2D eigenvalue weighted by molar-refractivity contribution is 7.09. The molecular formula is C15H13ClN4OS. The Kier molecular flexibility index (Phi) is 3.96. The van der Waals surface area contributed by atoms with Gasteiger partial charge in [0.2, 0.25) is 0 Å². The van der Waals surface area contributed by atoms with E-state index in [2.05, 4.69) is 15.4 Å². The molecule has 1 aromatic carbocycles. The third-order valence-electron chi connectivity index (χ3n) is 2.98. The number of nitrogens with one attached hydrogen (secondary N) is 1. The van der Waals surface area contributed by atoms with Gasteiger partial charge < -0.3 is 5.32 Å². The van der Waals surface area contributed by atoms with Crippen LogP contribution in [0.15, 0.2) is 35.7 Å². The summed E-state index contributed by atoms with van der Waals surface area (Å²) in [5.74, 6) is 0.322. The van der Waals surface area contributed by atoms with Gasteiger partial charge in [0.25, 0.3) is 5.91 Å². The molecule has 0 unspecified atom stereocenters. The lowest BCUT2D eigenvalue weighted by Gasteiger charge is -2.08. The Hall–Kier alpha value is -2.18. The van der Waals surface area contributed by atoms with E-state index in [1.165, 1.54) is 11.3 Å². The van der Waals surface area contributed by atoms with Gasteiger partial charge >= 0.3 is 0 Å². The van der Waals surface area contributed by atoms with Gasteiger partial charge in [0.15, 0.2) is 0 Å². The van der Waals surface area contributed by atoms with Gasteiger partial charge in [0.05, 0.1) is 16.4 Å². The topological polar surface area (TPSA) is 59.8 Å². The molecular weight excluding hydrogens is 320 g/mol. The summed E-state index contributed by atoms with van der Waals surface area (Å²) in [6.45, 7) is 3.73. The Balaban J connectivity index is 1.93. The Morgan fingerprint density at radius 3 is 2.82 bits per heavy atom. The molecule has 0 spiro atoms. The third-order valence-corrected chi connectivity index (χ3v) is 3.99. The summed E-state index contributed by atoms with van der Waals surface area (Å²) in [6.07, 6.45) is 0. The van der Waals surface area contributed by atoms with Crippen molar-refractivity contribution < 1.29 is 4.79 Å². The van der Waals surface area contributed by atoms with Crippen LogP contribution < -0.4 is 5.32 Å². The number of carbonyl (C=O) groups is 1. The Morgan fingerprint density at radius 1 is 1.32 bits per heavy atom. The number of anilines is 1. The van der Waals surface area contributed by atoms with Crippen LogP contribution in [0.3, 0.4) is 0 Å². The second-order valence-corrected chi connectivity index (χ2v) is 6.27. The van der Waals surface area contributed by atoms with E-state index in [4.69, 9.17) is 11.6 Å². The molecule has 0 fully saturated rings. The Morgan fingerprint density at radius 2 is 2.14 bits per heavy atom. The van der Waals surface area contributed by atoms with Crippen LogP contribution in [0.1, 0.15) is 21.2 Å². The number of thiazole rings is 1. The molecule has 0 radical (unpaired) electrons. The molecule has 0 bridgehead atoms. The van der Waals surface area contributed by atoms with Gasteiger partial charge in [-0.15, -0.1) is 11.3 Å². The minimum atomic E-state index is -0.257. The maximum absolute atomic E-state index is 12.3. The van der Waals surface area contributed by atoms with Crippen LogP contribution in [0.25, 0.3) is 5.69 Å². The highest BCUT2D eigenvalue weighted by Gasteiger charge is 2.14. The summed E-state index contributed by atoms with van der Waals surface area (Å²) >= 11 is 7.46. The molecule has 0 saturated carbocycles. The number of carbonyl (C=O) groups excluding carboxylic acids is 1. The largest absolute Gasteiger partial charge is 0.305 e. The van der Waals surface area contributed by atoms with Crippen molar-refractivity contribution in [1.82, 2.24) is 14.8 Å². The monoisotopic (exact) mass is 332 g/mol.